The van der Waals surface area contributed by atoms with Crippen LogP contribution in [0, 0.1) is 41.9 Å². The molecule has 1 atom stereocenters. The van der Waals surface area contributed by atoms with Crippen LogP contribution in [0.1, 0.15) is 83.9 Å². The number of nitrogens with one attached hydrogen (secondary N) is 1. The molecule has 1 unspecified atom stereocenters. The van der Waals surface area contributed by atoms with Crippen molar-refractivity contribution in [1.82, 2.24) is 19.7 Å². The van der Waals surface area contributed by atoms with Crippen LogP contribution >= 0.6 is 0 Å². The highest BCUT2D eigenvalue weighted by atomic mass is 16.5. The van der Waals surface area contributed by atoms with Crippen LogP contribution in [0.4, 0.5) is 11.6 Å². The van der Waals surface area contributed by atoms with Crippen molar-refractivity contribution in [3.8, 4) is 23.8 Å². The SMILES string of the molecule is Cc1cc(/C=C/C#N)cc(C)c1Oc1nc(NC23CC(C#N)(C2)C3)nc2c1C(C)N(c1cnn(C3CC3)c1)C2=O. The molecule has 10 heteroatoms. The summed E-state index contributed by atoms with van der Waals surface area (Å²) in [5, 5.41) is 26.3. The molecular formula is C30H28N8O2. The zero-order valence-corrected chi connectivity index (χ0v) is 22.6. The second-order valence-electron chi connectivity index (χ2n) is 11.8. The quantitative estimate of drug-likeness (QED) is 0.393. The van der Waals surface area contributed by atoms with Crippen LogP contribution in [0.5, 0.6) is 11.6 Å². The van der Waals surface area contributed by atoms with Gasteiger partial charge in [0.15, 0.2) is 0 Å². The first-order valence-corrected chi connectivity index (χ1v) is 13.6. The predicted molar refractivity (Wildman–Crippen MR) is 147 cm³/mol. The van der Waals surface area contributed by atoms with Gasteiger partial charge in [0.25, 0.3) is 5.91 Å². The predicted octanol–water partition coefficient (Wildman–Crippen LogP) is 5.53. The number of ether oxygens (including phenoxy) is 1. The molecule has 3 aromatic rings. The molecular weight excluding hydrogens is 504 g/mol. The fraction of sp³-hybridized carbons (Fsp3) is 0.400. The van der Waals surface area contributed by atoms with E-state index in [-0.39, 0.29) is 22.9 Å². The molecule has 2 aromatic heterocycles. The molecule has 1 aliphatic heterocycles. The van der Waals surface area contributed by atoms with E-state index in [9.17, 15) is 10.1 Å². The van der Waals surface area contributed by atoms with Gasteiger partial charge in [-0.2, -0.15) is 20.6 Å². The minimum absolute atomic E-state index is 0.208. The average Bonchev–Trinajstić information content (AvgIpc) is 3.57. The van der Waals surface area contributed by atoms with Crippen LogP contribution in [-0.4, -0.2) is 31.2 Å². The lowest BCUT2D eigenvalue weighted by atomic mass is 9.40. The van der Waals surface area contributed by atoms with E-state index in [1.165, 1.54) is 6.08 Å². The Bertz CT molecular complexity index is 1660. The van der Waals surface area contributed by atoms with Crippen molar-refractivity contribution in [3.63, 3.8) is 0 Å². The highest BCUT2D eigenvalue weighted by molar-refractivity contribution is 6.10. The number of fused-ring (bicyclic) bond motifs is 1. The topological polar surface area (TPSA) is 133 Å². The molecule has 10 nitrogen and oxygen atoms in total. The first-order valence-electron chi connectivity index (χ1n) is 13.6. The third-order valence-corrected chi connectivity index (χ3v) is 8.60. The number of aryl methyl sites for hydroxylation is 2. The standard InChI is InChI=1S/C30H28N8O2/c1-17-9-20(5-4-8-31)10-18(2)25(17)40-26-23-19(3)38(22-11-33-37(12-22)21-6-7-21)27(39)24(23)34-28(35-26)36-30-13-29(14-30,15-30)16-32/h4-5,9-12,19,21H,6-7,13-15H2,1-3H3,(H,34,35,36)/b5-4+. The molecule has 1 N–H and O–H groups in total. The number of carbonyl (C=O) groups is 1. The Morgan fingerprint density at radius 2 is 1.88 bits per heavy atom. The molecule has 5 aliphatic rings. The van der Waals surface area contributed by atoms with Crippen LogP contribution < -0.4 is 15.0 Å². The van der Waals surface area contributed by atoms with Gasteiger partial charge in [0.2, 0.25) is 11.8 Å². The normalized spacial score (nSPS) is 26.1. The van der Waals surface area contributed by atoms with Gasteiger partial charge in [0.05, 0.1) is 47.1 Å². The van der Waals surface area contributed by atoms with Crippen molar-refractivity contribution < 1.29 is 9.53 Å². The first-order chi connectivity index (χ1) is 19.2. The van der Waals surface area contributed by atoms with Crippen LogP contribution in [0.25, 0.3) is 6.08 Å². The molecule has 4 aliphatic carbocycles. The molecule has 1 amide bonds. The number of benzene rings is 1. The maximum absolute atomic E-state index is 13.8. The molecule has 0 spiro atoms. The lowest BCUT2D eigenvalue weighted by molar-refractivity contribution is -0.0665. The van der Waals surface area contributed by atoms with Gasteiger partial charge < -0.3 is 10.1 Å². The molecule has 0 radical (unpaired) electrons. The van der Waals surface area contributed by atoms with E-state index < -0.39 is 0 Å². The molecule has 4 fully saturated rings. The van der Waals surface area contributed by atoms with Crippen LogP contribution in [-0.2, 0) is 0 Å². The van der Waals surface area contributed by atoms with Crippen molar-refractivity contribution in [2.24, 2.45) is 5.41 Å². The molecule has 2 bridgehead atoms. The van der Waals surface area contributed by atoms with E-state index in [0.717, 1.165) is 54.5 Å². The minimum Gasteiger partial charge on any atom is -0.438 e. The zero-order valence-electron chi connectivity index (χ0n) is 22.6. The van der Waals surface area contributed by atoms with Gasteiger partial charge in [-0.05, 0) is 87.8 Å². The van der Waals surface area contributed by atoms with Crippen molar-refractivity contribution in [3.05, 3.63) is 58.6 Å². The number of anilines is 2. The first kappa shape index (κ1) is 24.3. The lowest BCUT2D eigenvalue weighted by Gasteiger charge is -2.66. The molecule has 8 rings (SSSR count). The van der Waals surface area contributed by atoms with E-state index in [2.05, 4.69) is 16.5 Å². The van der Waals surface area contributed by atoms with E-state index in [1.54, 1.807) is 17.2 Å². The van der Waals surface area contributed by atoms with Crippen LogP contribution in [0.2, 0.25) is 0 Å². The number of aromatic nitrogens is 4. The summed E-state index contributed by atoms with van der Waals surface area (Å²) in [6, 6.07) is 8.39. The van der Waals surface area contributed by atoms with Gasteiger partial charge in [-0.25, -0.2) is 4.98 Å². The van der Waals surface area contributed by atoms with Crippen molar-refractivity contribution >= 4 is 23.6 Å². The fourth-order valence-corrected chi connectivity index (χ4v) is 6.62. The maximum atomic E-state index is 13.8. The van der Waals surface area contributed by atoms with Gasteiger partial charge in [-0.1, -0.05) is 0 Å². The minimum atomic E-state index is -0.362. The average molecular weight is 533 g/mol. The number of nitriles is 2. The summed E-state index contributed by atoms with van der Waals surface area (Å²) < 4.78 is 8.45. The summed E-state index contributed by atoms with van der Waals surface area (Å²) in [6.07, 6.45) is 11.3. The second kappa shape index (κ2) is 8.40. The Balaban J connectivity index is 1.27. The van der Waals surface area contributed by atoms with E-state index in [0.29, 0.717) is 34.9 Å². The van der Waals surface area contributed by atoms with Crippen LogP contribution in [0.15, 0.2) is 30.6 Å². The monoisotopic (exact) mass is 532 g/mol. The van der Waals surface area contributed by atoms with Gasteiger partial charge in [0.1, 0.15) is 11.4 Å². The van der Waals surface area contributed by atoms with Gasteiger partial charge >= 0.3 is 0 Å². The highest BCUT2D eigenvalue weighted by Crippen LogP contribution is 2.67. The van der Waals surface area contributed by atoms with Crippen molar-refractivity contribution in [1.29, 1.82) is 10.5 Å². The molecule has 4 saturated carbocycles. The number of hydrogen-bond acceptors (Lipinski definition) is 8. The largest absolute Gasteiger partial charge is 0.438 e. The van der Waals surface area contributed by atoms with Crippen molar-refractivity contribution in [2.45, 2.75) is 70.5 Å². The van der Waals surface area contributed by atoms with Crippen LogP contribution in [0.3, 0.4) is 0 Å². The second-order valence-corrected chi connectivity index (χ2v) is 11.8. The molecule has 200 valence electrons. The molecule has 3 heterocycles. The van der Waals surface area contributed by atoms with Gasteiger partial charge in [-0.3, -0.25) is 14.4 Å². The summed E-state index contributed by atoms with van der Waals surface area (Å²) in [4.78, 5) is 25.1. The Hall–Kier alpha value is -4.70. The molecule has 40 heavy (non-hydrogen) atoms. The smallest absolute Gasteiger partial charge is 0.278 e. The number of allylic oxidation sites excluding steroid dienone is 1. The summed E-state index contributed by atoms with van der Waals surface area (Å²) in [5.41, 5.74) is 3.89. The number of carbonyl (C=O) groups excluding carboxylic acids is 1. The number of rotatable bonds is 7. The number of amides is 1. The van der Waals surface area contributed by atoms with Gasteiger partial charge in [0, 0.05) is 17.8 Å². The summed E-state index contributed by atoms with van der Waals surface area (Å²) in [6.45, 7) is 5.85. The summed E-state index contributed by atoms with van der Waals surface area (Å²) in [5.74, 6) is 1.10. The summed E-state index contributed by atoms with van der Waals surface area (Å²) >= 11 is 0. The third kappa shape index (κ3) is 3.67. The zero-order chi connectivity index (χ0) is 27.8. The molecule has 0 saturated heterocycles. The third-order valence-electron chi connectivity index (χ3n) is 8.60. The van der Waals surface area contributed by atoms with E-state index in [1.807, 2.05) is 49.9 Å². The Morgan fingerprint density at radius 3 is 2.52 bits per heavy atom. The summed E-state index contributed by atoms with van der Waals surface area (Å²) in [7, 11) is 0. The maximum Gasteiger partial charge on any atom is 0.278 e. The highest BCUT2D eigenvalue weighted by Gasteiger charge is 2.69. The Morgan fingerprint density at radius 1 is 1.15 bits per heavy atom. The fourth-order valence-electron chi connectivity index (χ4n) is 6.62. The van der Waals surface area contributed by atoms with E-state index >= 15 is 0 Å². The number of nitrogens with zero attached hydrogens (tertiary/aromatic N) is 7. The molecule has 1 aromatic carbocycles. The Labute approximate surface area is 231 Å². The van der Waals surface area contributed by atoms with Gasteiger partial charge in [-0.15, -0.1) is 0 Å². The number of hydrogen-bond donors (Lipinski definition) is 1. The van der Waals surface area contributed by atoms with Crippen molar-refractivity contribution in [2.75, 3.05) is 10.2 Å². The van der Waals surface area contributed by atoms with E-state index in [4.69, 9.17) is 20.0 Å². The lowest BCUT2D eigenvalue weighted by Crippen LogP contribution is -2.70. The Kier molecular flexibility index (Phi) is 5.11.